The highest BCUT2D eigenvalue weighted by atomic mass is 35.6. The summed E-state index contributed by atoms with van der Waals surface area (Å²) in [4.78, 5) is 11.0. The number of carbonyl (C=O) groups is 1. The predicted octanol–water partition coefficient (Wildman–Crippen LogP) is 2.73. The number of rotatable bonds is 3. The second kappa shape index (κ2) is 3.95. The van der Waals surface area contributed by atoms with E-state index in [2.05, 4.69) is 0 Å². The average molecular weight is 276 g/mol. The minimum absolute atomic E-state index is 0.271. The van der Waals surface area contributed by atoms with E-state index < -0.39 is 27.2 Å². The van der Waals surface area contributed by atoms with Gasteiger partial charge in [-0.05, 0) is 5.41 Å². The minimum atomic E-state index is -1.60. The topological polar surface area (TPSA) is 46.5 Å². The second-order valence-electron chi connectivity index (χ2n) is 4.36. The Labute approximate surface area is 104 Å². The van der Waals surface area contributed by atoms with Crippen molar-refractivity contribution in [2.24, 2.45) is 17.3 Å². The molecule has 0 bridgehead atoms. The Morgan fingerprint density at radius 2 is 1.93 bits per heavy atom. The molecule has 1 aliphatic rings. The number of aliphatic carboxylic acids is 1. The van der Waals surface area contributed by atoms with E-state index in [-0.39, 0.29) is 5.92 Å². The van der Waals surface area contributed by atoms with Crippen molar-refractivity contribution in [3.63, 3.8) is 0 Å². The van der Waals surface area contributed by atoms with E-state index in [4.69, 9.17) is 44.6 Å². The van der Waals surface area contributed by atoms with E-state index in [1.54, 1.807) is 0 Å². The number of alkyl halides is 3. The van der Waals surface area contributed by atoms with Crippen molar-refractivity contribution >= 4 is 40.8 Å². The third-order valence-corrected chi connectivity index (χ3v) is 3.72. The molecule has 0 aromatic rings. The molecule has 6 heteroatoms. The molecule has 1 fully saturated rings. The monoisotopic (exact) mass is 274 g/mol. The maximum atomic E-state index is 11.0. The number of carboxylic acid groups (broad SMARTS) is 1. The van der Waals surface area contributed by atoms with Crippen LogP contribution in [0, 0.1) is 17.3 Å². The van der Waals surface area contributed by atoms with Gasteiger partial charge < -0.3 is 9.84 Å². The maximum Gasteiger partial charge on any atom is 0.307 e. The van der Waals surface area contributed by atoms with Crippen LogP contribution in [0.3, 0.4) is 0 Å². The smallest absolute Gasteiger partial charge is 0.307 e. The number of ether oxygens (including phenoxy) is 1. The van der Waals surface area contributed by atoms with Crippen LogP contribution in [0.4, 0.5) is 0 Å². The third kappa shape index (κ3) is 2.36. The molecule has 1 aliphatic carbocycles. The van der Waals surface area contributed by atoms with E-state index in [0.29, 0.717) is 0 Å². The molecular formula is C9H13Cl3O3. The molecule has 3 nitrogen and oxygen atoms in total. The number of carboxylic acids is 1. The molecule has 0 heterocycles. The van der Waals surface area contributed by atoms with Gasteiger partial charge in [-0.3, -0.25) is 4.79 Å². The van der Waals surface area contributed by atoms with Crippen molar-refractivity contribution in [3.8, 4) is 0 Å². The highest BCUT2D eigenvalue weighted by molar-refractivity contribution is 6.68. The summed E-state index contributed by atoms with van der Waals surface area (Å²) in [6.45, 7) is 3.66. The van der Waals surface area contributed by atoms with Crippen molar-refractivity contribution in [3.05, 3.63) is 0 Å². The summed E-state index contributed by atoms with van der Waals surface area (Å²) in [5.74, 6) is -1.66. The highest BCUT2D eigenvalue weighted by Gasteiger charge is 2.68. The summed E-state index contributed by atoms with van der Waals surface area (Å²) in [6, 6.07) is 0. The van der Waals surface area contributed by atoms with E-state index in [9.17, 15) is 4.79 Å². The quantitative estimate of drug-likeness (QED) is 0.806. The van der Waals surface area contributed by atoms with Crippen molar-refractivity contribution in [1.82, 2.24) is 0 Å². The van der Waals surface area contributed by atoms with E-state index in [1.807, 2.05) is 13.8 Å². The van der Waals surface area contributed by atoms with Gasteiger partial charge in [-0.25, -0.2) is 0 Å². The fraction of sp³-hybridized carbons (Fsp3) is 0.889. The molecule has 1 saturated carbocycles. The molecule has 3 atom stereocenters. The van der Waals surface area contributed by atoms with E-state index in [1.165, 1.54) is 7.11 Å². The maximum absolute atomic E-state index is 11.0. The summed E-state index contributed by atoms with van der Waals surface area (Å²) in [6.07, 6.45) is -0.696. The van der Waals surface area contributed by atoms with Crippen molar-refractivity contribution in [2.45, 2.75) is 23.7 Å². The van der Waals surface area contributed by atoms with Crippen LogP contribution in [0.1, 0.15) is 13.8 Å². The van der Waals surface area contributed by atoms with Gasteiger partial charge >= 0.3 is 5.97 Å². The molecular weight excluding hydrogens is 262 g/mol. The summed E-state index contributed by atoms with van der Waals surface area (Å²) >= 11 is 17.2. The first-order chi connectivity index (χ1) is 6.64. The van der Waals surface area contributed by atoms with Crippen molar-refractivity contribution in [1.29, 1.82) is 0 Å². The zero-order valence-corrected chi connectivity index (χ0v) is 10.9. The van der Waals surface area contributed by atoms with Gasteiger partial charge in [0.05, 0.1) is 5.92 Å². The van der Waals surface area contributed by atoms with Crippen LogP contribution in [0.2, 0.25) is 0 Å². The average Bonchev–Trinajstić information content (AvgIpc) is 2.52. The number of hydrogen-bond acceptors (Lipinski definition) is 2. The Morgan fingerprint density at radius 3 is 2.13 bits per heavy atom. The normalized spacial score (nSPS) is 31.1. The Bertz CT molecular complexity index is 272. The number of hydrogen-bond donors (Lipinski definition) is 1. The molecule has 2 unspecified atom stereocenters. The van der Waals surface area contributed by atoms with Gasteiger partial charge in [0.25, 0.3) is 0 Å². The van der Waals surface area contributed by atoms with Crippen LogP contribution in [-0.2, 0) is 9.53 Å². The fourth-order valence-corrected chi connectivity index (χ4v) is 2.87. The largest absolute Gasteiger partial charge is 0.481 e. The Morgan fingerprint density at radius 1 is 1.47 bits per heavy atom. The van der Waals surface area contributed by atoms with Gasteiger partial charge in [-0.15, -0.1) is 0 Å². The molecule has 0 amide bonds. The molecule has 15 heavy (non-hydrogen) atoms. The summed E-state index contributed by atoms with van der Waals surface area (Å²) < 4.78 is 3.50. The predicted molar refractivity (Wildman–Crippen MR) is 59.5 cm³/mol. The lowest BCUT2D eigenvalue weighted by Crippen LogP contribution is -2.32. The molecule has 0 aromatic heterocycles. The van der Waals surface area contributed by atoms with Crippen molar-refractivity contribution < 1.29 is 14.6 Å². The van der Waals surface area contributed by atoms with Gasteiger partial charge in [-0.2, -0.15) is 0 Å². The lowest BCUT2D eigenvalue weighted by Gasteiger charge is -2.24. The Kier molecular flexibility index (Phi) is 3.52. The fourth-order valence-electron chi connectivity index (χ4n) is 2.20. The van der Waals surface area contributed by atoms with Gasteiger partial charge in [0.15, 0.2) is 0 Å². The van der Waals surface area contributed by atoms with Crippen LogP contribution in [0.25, 0.3) is 0 Å². The molecule has 0 aromatic carbocycles. The first-order valence-electron chi connectivity index (χ1n) is 4.46. The highest BCUT2D eigenvalue weighted by Crippen LogP contribution is 2.63. The van der Waals surface area contributed by atoms with Gasteiger partial charge in [0.2, 0.25) is 3.79 Å². The molecule has 1 rings (SSSR count). The molecule has 0 spiro atoms. The van der Waals surface area contributed by atoms with Crippen LogP contribution in [0.15, 0.2) is 0 Å². The molecule has 0 saturated heterocycles. The molecule has 0 aliphatic heterocycles. The van der Waals surface area contributed by atoms with Crippen LogP contribution in [0.5, 0.6) is 0 Å². The molecule has 0 radical (unpaired) electrons. The van der Waals surface area contributed by atoms with Gasteiger partial charge in [-0.1, -0.05) is 48.7 Å². The third-order valence-electron chi connectivity index (χ3n) is 3.08. The first-order valence-corrected chi connectivity index (χ1v) is 5.59. The lowest BCUT2D eigenvalue weighted by atomic mass is 10.1. The SMILES string of the molecule is CO[C@H](C1C(C(=O)O)C1(C)C)C(Cl)(Cl)Cl. The van der Waals surface area contributed by atoms with Crippen LogP contribution in [-0.4, -0.2) is 28.1 Å². The minimum Gasteiger partial charge on any atom is -0.481 e. The molecule has 1 N–H and O–H groups in total. The number of methoxy groups -OCH3 is 1. The van der Waals surface area contributed by atoms with Gasteiger partial charge in [0.1, 0.15) is 6.10 Å². The number of halogens is 3. The van der Waals surface area contributed by atoms with Crippen LogP contribution >= 0.6 is 34.8 Å². The van der Waals surface area contributed by atoms with E-state index in [0.717, 1.165) is 0 Å². The Hall–Kier alpha value is 0.300. The zero-order valence-electron chi connectivity index (χ0n) is 8.63. The molecule has 88 valence electrons. The second-order valence-corrected chi connectivity index (χ2v) is 6.73. The summed E-state index contributed by atoms with van der Waals surface area (Å²) in [5, 5.41) is 8.98. The van der Waals surface area contributed by atoms with E-state index >= 15 is 0 Å². The lowest BCUT2D eigenvalue weighted by molar-refractivity contribution is -0.139. The summed E-state index contributed by atoms with van der Waals surface area (Å²) in [5.41, 5.74) is -0.392. The van der Waals surface area contributed by atoms with Crippen molar-refractivity contribution in [2.75, 3.05) is 7.11 Å². The standard InChI is InChI=1S/C9H13Cl3O3/c1-8(2)4(5(8)7(13)14)6(15-3)9(10,11)12/h4-6H,1-3H3,(H,13,14)/t4?,5?,6-/m1/s1. The van der Waals surface area contributed by atoms with Gasteiger partial charge in [0, 0.05) is 13.0 Å². The zero-order chi connectivity index (χ0) is 12.0. The van der Waals surface area contributed by atoms with Crippen LogP contribution < -0.4 is 0 Å². The first kappa shape index (κ1) is 13.4. The summed E-state index contributed by atoms with van der Waals surface area (Å²) in [7, 11) is 1.42. The Balaban J connectivity index is 2.86.